The Bertz CT molecular complexity index is 462. The first-order chi connectivity index (χ1) is 8.13. The molecule has 88 valence electrons. The van der Waals surface area contributed by atoms with Gasteiger partial charge in [0.25, 0.3) is 0 Å². The monoisotopic (exact) mass is 232 g/mol. The van der Waals surface area contributed by atoms with Gasteiger partial charge in [-0.25, -0.2) is 9.18 Å². The van der Waals surface area contributed by atoms with Crippen LogP contribution in [0.15, 0.2) is 49.1 Å². The lowest BCUT2D eigenvalue weighted by Crippen LogP contribution is -2.14. The van der Waals surface area contributed by atoms with Crippen LogP contribution in [0.5, 0.6) is 0 Å². The first-order valence-electron chi connectivity index (χ1n) is 5.39. The van der Waals surface area contributed by atoms with Gasteiger partial charge in [-0.2, -0.15) is 0 Å². The first-order valence-corrected chi connectivity index (χ1v) is 5.39. The van der Waals surface area contributed by atoms with Gasteiger partial charge in [0.15, 0.2) is 0 Å². The molecule has 1 aromatic carbocycles. The summed E-state index contributed by atoms with van der Waals surface area (Å²) in [6, 6.07) is 6.05. The number of rotatable bonds is 3. The minimum atomic E-state index is -0.383. The largest absolute Gasteiger partial charge is 0.458 e. The van der Waals surface area contributed by atoms with Crippen molar-refractivity contribution in [3.05, 3.63) is 60.5 Å². The summed E-state index contributed by atoms with van der Waals surface area (Å²) in [5, 5.41) is 0. The Labute approximate surface area is 99.4 Å². The Morgan fingerprint density at radius 1 is 1.35 bits per heavy atom. The average Bonchev–Trinajstić information content (AvgIpc) is 2.57. The molecule has 0 bridgehead atoms. The molecule has 1 aliphatic heterocycles. The lowest BCUT2D eigenvalue weighted by molar-refractivity contribution is -0.138. The minimum Gasteiger partial charge on any atom is -0.458 e. The normalized spacial score (nSPS) is 23.6. The highest BCUT2D eigenvalue weighted by Crippen LogP contribution is 2.37. The number of carbonyl (C=O) groups excluding carboxylic acids is 1. The quantitative estimate of drug-likeness (QED) is 0.455. The third kappa shape index (κ3) is 2.13. The lowest BCUT2D eigenvalue weighted by Gasteiger charge is -2.16. The van der Waals surface area contributed by atoms with Crippen LogP contribution in [0.3, 0.4) is 0 Å². The summed E-state index contributed by atoms with van der Waals surface area (Å²) in [6.45, 7) is 7.38. The Morgan fingerprint density at radius 2 is 2.00 bits per heavy atom. The Morgan fingerprint density at radius 3 is 2.59 bits per heavy atom. The topological polar surface area (TPSA) is 26.3 Å². The zero-order valence-electron chi connectivity index (χ0n) is 9.36. The van der Waals surface area contributed by atoms with E-state index in [1.165, 1.54) is 12.1 Å². The molecule has 1 heterocycles. The Balaban J connectivity index is 2.33. The first kappa shape index (κ1) is 11.6. The molecule has 1 aliphatic rings. The molecule has 0 spiro atoms. The molecule has 0 saturated carbocycles. The van der Waals surface area contributed by atoms with Crippen molar-refractivity contribution in [2.45, 2.75) is 18.4 Å². The van der Waals surface area contributed by atoms with Crippen LogP contribution in [-0.2, 0) is 9.53 Å². The fraction of sp³-hybridized carbons (Fsp3) is 0.214. The van der Waals surface area contributed by atoms with Crippen LogP contribution in [0.25, 0.3) is 0 Å². The maximum absolute atomic E-state index is 12.9. The van der Waals surface area contributed by atoms with Gasteiger partial charge in [-0.1, -0.05) is 24.8 Å². The summed E-state index contributed by atoms with van der Waals surface area (Å²) in [6.07, 6.45) is 1.98. The molecule has 2 rings (SSSR count). The third-order valence-electron chi connectivity index (χ3n) is 2.90. The molecule has 1 fully saturated rings. The second-order valence-corrected chi connectivity index (χ2v) is 4.02. The zero-order chi connectivity index (χ0) is 12.4. The zero-order valence-corrected chi connectivity index (χ0v) is 9.36. The number of carbonyl (C=O) groups is 1. The molecule has 0 unspecified atom stereocenters. The van der Waals surface area contributed by atoms with Crippen LogP contribution in [0.4, 0.5) is 4.39 Å². The summed E-state index contributed by atoms with van der Waals surface area (Å²) in [5.41, 5.74) is 1.26. The second kappa shape index (κ2) is 4.53. The van der Waals surface area contributed by atoms with Crippen molar-refractivity contribution in [2.24, 2.45) is 0 Å². The van der Waals surface area contributed by atoms with Gasteiger partial charge in [0, 0.05) is 12.0 Å². The Kier molecular flexibility index (Phi) is 3.09. The van der Waals surface area contributed by atoms with Crippen molar-refractivity contribution in [1.29, 1.82) is 0 Å². The van der Waals surface area contributed by atoms with Crippen LogP contribution in [0.1, 0.15) is 17.9 Å². The van der Waals surface area contributed by atoms with Crippen molar-refractivity contribution in [3.8, 4) is 0 Å². The summed E-state index contributed by atoms with van der Waals surface area (Å²) < 4.78 is 18.1. The van der Waals surface area contributed by atoms with E-state index >= 15 is 0 Å². The van der Waals surface area contributed by atoms with Crippen molar-refractivity contribution in [1.82, 2.24) is 0 Å². The van der Waals surface area contributed by atoms with Gasteiger partial charge < -0.3 is 4.74 Å². The molecule has 0 N–H and O–H groups in total. The van der Waals surface area contributed by atoms with Gasteiger partial charge in [-0.15, -0.1) is 6.58 Å². The van der Waals surface area contributed by atoms with Crippen molar-refractivity contribution >= 4 is 5.97 Å². The lowest BCUT2D eigenvalue weighted by atomic mass is 9.88. The summed E-state index contributed by atoms with van der Waals surface area (Å²) in [7, 11) is 0. The number of hydrogen-bond donors (Lipinski definition) is 0. The second-order valence-electron chi connectivity index (χ2n) is 4.02. The van der Waals surface area contributed by atoms with E-state index in [1.807, 2.05) is 0 Å². The molecular formula is C14H13FO2. The van der Waals surface area contributed by atoms with E-state index in [0.29, 0.717) is 12.0 Å². The van der Waals surface area contributed by atoms with E-state index < -0.39 is 0 Å². The number of halogens is 1. The molecule has 0 aliphatic carbocycles. The molecule has 2 atom stereocenters. The van der Waals surface area contributed by atoms with Crippen LogP contribution >= 0.6 is 0 Å². The fourth-order valence-corrected chi connectivity index (χ4v) is 2.07. The van der Waals surface area contributed by atoms with Crippen LogP contribution in [0.2, 0.25) is 0 Å². The SMILES string of the molecule is C=CC[C@@H]1OC(=O)C(=C)[C@@H]1c1ccc(F)cc1. The van der Waals surface area contributed by atoms with Crippen molar-refractivity contribution in [3.63, 3.8) is 0 Å². The van der Waals surface area contributed by atoms with Gasteiger partial charge >= 0.3 is 5.97 Å². The smallest absolute Gasteiger partial charge is 0.334 e. The summed E-state index contributed by atoms with van der Waals surface area (Å²) in [4.78, 5) is 11.5. The highest BCUT2D eigenvalue weighted by molar-refractivity contribution is 5.92. The van der Waals surface area contributed by atoms with Crippen LogP contribution < -0.4 is 0 Å². The van der Waals surface area contributed by atoms with E-state index in [-0.39, 0.29) is 23.8 Å². The number of esters is 1. The molecular weight excluding hydrogens is 219 g/mol. The number of hydrogen-bond acceptors (Lipinski definition) is 2. The number of cyclic esters (lactones) is 1. The van der Waals surface area contributed by atoms with E-state index in [4.69, 9.17) is 4.74 Å². The predicted molar refractivity (Wildman–Crippen MR) is 63.0 cm³/mol. The molecule has 0 aromatic heterocycles. The maximum Gasteiger partial charge on any atom is 0.334 e. The standard InChI is InChI=1S/C14H13FO2/c1-3-4-12-13(9(2)14(16)17-12)10-5-7-11(15)8-6-10/h3,5-8,12-13H,1-2,4H2/t12-,13+/m0/s1. The molecule has 0 amide bonds. The average molecular weight is 232 g/mol. The van der Waals surface area contributed by atoms with E-state index in [0.717, 1.165) is 5.56 Å². The molecule has 17 heavy (non-hydrogen) atoms. The van der Waals surface area contributed by atoms with Gasteiger partial charge in [0.2, 0.25) is 0 Å². The molecule has 2 nitrogen and oxygen atoms in total. The van der Waals surface area contributed by atoms with E-state index in [9.17, 15) is 9.18 Å². The fourth-order valence-electron chi connectivity index (χ4n) is 2.07. The summed E-state index contributed by atoms with van der Waals surface area (Å²) >= 11 is 0. The van der Waals surface area contributed by atoms with E-state index in [2.05, 4.69) is 13.2 Å². The van der Waals surface area contributed by atoms with Gasteiger partial charge in [0.1, 0.15) is 11.9 Å². The third-order valence-corrected chi connectivity index (χ3v) is 2.90. The maximum atomic E-state index is 12.9. The van der Waals surface area contributed by atoms with Crippen LogP contribution in [0, 0.1) is 5.82 Å². The van der Waals surface area contributed by atoms with Crippen LogP contribution in [-0.4, -0.2) is 12.1 Å². The molecule has 1 aromatic rings. The minimum absolute atomic E-state index is 0.207. The van der Waals surface area contributed by atoms with Crippen molar-refractivity contribution < 1.29 is 13.9 Å². The number of benzene rings is 1. The van der Waals surface area contributed by atoms with Gasteiger partial charge in [0.05, 0.1) is 5.92 Å². The van der Waals surface area contributed by atoms with Gasteiger partial charge in [-0.05, 0) is 17.7 Å². The Hall–Kier alpha value is -1.90. The highest BCUT2D eigenvalue weighted by atomic mass is 19.1. The number of ether oxygens (including phenoxy) is 1. The van der Waals surface area contributed by atoms with Crippen molar-refractivity contribution in [2.75, 3.05) is 0 Å². The molecule has 0 radical (unpaired) electrons. The van der Waals surface area contributed by atoms with Gasteiger partial charge in [-0.3, -0.25) is 0 Å². The summed E-state index contributed by atoms with van der Waals surface area (Å²) in [5.74, 6) is -0.892. The predicted octanol–water partition coefficient (Wildman–Crippen LogP) is 2.97. The highest BCUT2D eigenvalue weighted by Gasteiger charge is 2.38. The molecule has 3 heteroatoms. The molecule has 1 saturated heterocycles. The van der Waals surface area contributed by atoms with E-state index in [1.54, 1.807) is 18.2 Å².